The van der Waals surface area contributed by atoms with E-state index in [1.54, 1.807) is 43.5 Å². The number of aldehydes is 1. The van der Waals surface area contributed by atoms with Gasteiger partial charge < -0.3 is 14.0 Å². The number of fused-ring (bicyclic) bond motifs is 1. The van der Waals surface area contributed by atoms with Crippen molar-refractivity contribution in [1.29, 1.82) is 0 Å². The minimum atomic E-state index is -0.511. The van der Waals surface area contributed by atoms with Crippen molar-refractivity contribution in [3.05, 3.63) is 64.3 Å². The van der Waals surface area contributed by atoms with Crippen molar-refractivity contribution in [3.8, 4) is 5.75 Å². The third kappa shape index (κ3) is 4.43. The number of esters is 1. The van der Waals surface area contributed by atoms with Crippen LogP contribution in [0.15, 0.2) is 42.6 Å². The van der Waals surface area contributed by atoms with Crippen LogP contribution in [0.5, 0.6) is 5.75 Å². The van der Waals surface area contributed by atoms with E-state index in [2.05, 4.69) is 0 Å². The van der Waals surface area contributed by atoms with Crippen LogP contribution in [0.2, 0.25) is 5.02 Å². The number of rotatable bonds is 8. The molecule has 152 valence electrons. The summed E-state index contributed by atoms with van der Waals surface area (Å²) < 4.78 is 25.2. The van der Waals surface area contributed by atoms with Crippen molar-refractivity contribution in [1.82, 2.24) is 4.57 Å². The highest BCUT2D eigenvalue weighted by Crippen LogP contribution is 2.29. The average Bonchev–Trinajstić information content (AvgIpc) is 3.10. The van der Waals surface area contributed by atoms with E-state index >= 15 is 0 Å². The van der Waals surface area contributed by atoms with Crippen molar-refractivity contribution in [3.63, 3.8) is 0 Å². The molecular weight excluding hydrogens is 397 g/mol. The standard InChI is InChI=1S/C22H21ClFNO4/c1-14(9-24)13-29-20-7-6-17(23)8-15(20)10-25-11-16(12-26)21-18(22(27)28-2)4-3-5-19(21)25/h3-8,11-12,14H,9-10,13H2,1-2H3. The van der Waals surface area contributed by atoms with Gasteiger partial charge in [-0.05, 0) is 30.3 Å². The van der Waals surface area contributed by atoms with Gasteiger partial charge in [0.2, 0.25) is 0 Å². The summed E-state index contributed by atoms with van der Waals surface area (Å²) in [5, 5.41) is 1.07. The van der Waals surface area contributed by atoms with Crippen LogP contribution in [0.25, 0.3) is 10.9 Å². The van der Waals surface area contributed by atoms with Gasteiger partial charge in [0, 0.05) is 39.2 Å². The molecule has 0 aliphatic rings. The van der Waals surface area contributed by atoms with Gasteiger partial charge in [0.05, 0.1) is 32.5 Å². The van der Waals surface area contributed by atoms with E-state index in [0.29, 0.717) is 45.6 Å². The highest BCUT2D eigenvalue weighted by molar-refractivity contribution is 6.30. The molecule has 0 spiro atoms. The number of methoxy groups -OCH3 is 1. The molecule has 1 unspecified atom stereocenters. The largest absolute Gasteiger partial charge is 0.493 e. The molecule has 0 radical (unpaired) electrons. The summed E-state index contributed by atoms with van der Waals surface area (Å²) in [7, 11) is 1.30. The van der Waals surface area contributed by atoms with Crippen molar-refractivity contribution < 1.29 is 23.5 Å². The van der Waals surface area contributed by atoms with Gasteiger partial charge >= 0.3 is 5.97 Å². The fourth-order valence-electron chi connectivity index (χ4n) is 3.16. The lowest BCUT2D eigenvalue weighted by Crippen LogP contribution is -2.12. The Morgan fingerprint density at radius 1 is 1.31 bits per heavy atom. The highest BCUT2D eigenvalue weighted by atomic mass is 35.5. The van der Waals surface area contributed by atoms with Gasteiger partial charge in [-0.3, -0.25) is 9.18 Å². The minimum Gasteiger partial charge on any atom is -0.493 e. The molecule has 3 rings (SSSR count). The number of alkyl halides is 1. The van der Waals surface area contributed by atoms with E-state index in [4.69, 9.17) is 21.1 Å². The predicted octanol–water partition coefficient (Wildman–Crippen LogP) is 4.93. The van der Waals surface area contributed by atoms with Crippen LogP contribution in [0.1, 0.15) is 33.2 Å². The predicted molar refractivity (Wildman–Crippen MR) is 110 cm³/mol. The van der Waals surface area contributed by atoms with E-state index in [0.717, 1.165) is 5.56 Å². The summed E-state index contributed by atoms with van der Waals surface area (Å²) in [6.45, 7) is 1.89. The molecule has 0 saturated heterocycles. The van der Waals surface area contributed by atoms with E-state index in [-0.39, 0.29) is 12.5 Å². The first-order valence-corrected chi connectivity index (χ1v) is 9.48. The molecule has 7 heteroatoms. The number of benzene rings is 2. The monoisotopic (exact) mass is 417 g/mol. The van der Waals surface area contributed by atoms with Crippen LogP contribution < -0.4 is 4.74 Å². The lowest BCUT2D eigenvalue weighted by molar-refractivity contribution is 0.0603. The molecule has 0 fully saturated rings. The molecule has 0 aliphatic heterocycles. The smallest absolute Gasteiger partial charge is 0.338 e. The first-order chi connectivity index (χ1) is 14.0. The SMILES string of the molecule is COC(=O)c1cccc2c1c(C=O)cn2Cc1cc(Cl)ccc1OCC(C)CF. The molecule has 0 aliphatic carbocycles. The molecule has 0 bridgehead atoms. The van der Waals surface area contributed by atoms with Crippen molar-refractivity contribution in [2.75, 3.05) is 20.4 Å². The normalized spacial score (nSPS) is 12.0. The van der Waals surface area contributed by atoms with Gasteiger partial charge in [-0.1, -0.05) is 24.6 Å². The molecule has 1 atom stereocenters. The molecule has 1 aromatic heterocycles. The van der Waals surface area contributed by atoms with Gasteiger partial charge in [-0.2, -0.15) is 0 Å². The lowest BCUT2D eigenvalue weighted by atomic mass is 10.1. The first kappa shape index (κ1) is 20.9. The summed E-state index contributed by atoms with van der Waals surface area (Å²) in [5.74, 6) is -0.146. The van der Waals surface area contributed by atoms with Crippen LogP contribution in [0, 0.1) is 5.92 Å². The second-order valence-electron chi connectivity index (χ2n) is 6.84. The topological polar surface area (TPSA) is 57.5 Å². The molecule has 0 saturated carbocycles. The number of aromatic nitrogens is 1. The molecule has 29 heavy (non-hydrogen) atoms. The fourth-order valence-corrected chi connectivity index (χ4v) is 3.35. The molecule has 0 amide bonds. The molecule has 2 aromatic carbocycles. The third-order valence-electron chi connectivity index (χ3n) is 4.62. The highest BCUT2D eigenvalue weighted by Gasteiger charge is 2.18. The fraction of sp³-hybridized carbons (Fsp3) is 0.273. The number of carbonyl (C=O) groups is 2. The summed E-state index contributed by atoms with van der Waals surface area (Å²) >= 11 is 6.17. The minimum absolute atomic E-state index is 0.227. The number of halogens is 2. The van der Waals surface area contributed by atoms with Gasteiger partial charge in [0.15, 0.2) is 6.29 Å². The Morgan fingerprint density at radius 2 is 2.10 bits per heavy atom. The van der Waals surface area contributed by atoms with Crippen LogP contribution in [0.4, 0.5) is 4.39 Å². The lowest BCUT2D eigenvalue weighted by Gasteiger charge is -2.15. The maximum Gasteiger partial charge on any atom is 0.338 e. The summed E-state index contributed by atoms with van der Waals surface area (Å²) in [4.78, 5) is 23.8. The Bertz CT molecular complexity index is 1050. The van der Waals surface area contributed by atoms with Crippen LogP contribution >= 0.6 is 11.6 Å². The third-order valence-corrected chi connectivity index (χ3v) is 4.85. The number of ether oxygens (including phenoxy) is 2. The molecule has 5 nitrogen and oxygen atoms in total. The second-order valence-corrected chi connectivity index (χ2v) is 7.28. The van der Waals surface area contributed by atoms with E-state index in [9.17, 15) is 14.0 Å². The summed E-state index contributed by atoms with van der Waals surface area (Å²) in [6, 6.07) is 10.4. The molecule has 3 aromatic rings. The van der Waals surface area contributed by atoms with Crippen LogP contribution in [-0.2, 0) is 11.3 Å². The van der Waals surface area contributed by atoms with Crippen LogP contribution in [-0.4, -0.2) is 37.2 Å². The molecular formula is C22H21ClFNO4. The first-order valence-electron chi connectivity index (χ1n) is 9.11. The Balaban J connectivity index is 2.04. The molecule has 0 N–H and O–H groups in total. The number of hydrogen-bond acceptors (Lipinski definition) is 4. The van der Waals surface area contributed by atoms with Gasteiger partial charge in [0.1, 0.15) is 5.75 Å². The maximum absolute atomic E-state index is 12.8. The van der Waals surface area contributed by atoms with E-state index in [1.165, 1.54) is 7.11 Å². The zero-order chi connectivity index (χ0) is 21.0. The van der Waals surface area contributed by atoms with Crippen LogP contribution in [0.3, 0.4) is 0 Å². The van der Waals surface area contributed by atoms with Crippen molar-refractivity contribution in [2.24, 2.45) is 5.92 Å². The number of hydrogen-bond donors (Lipinski definition) is 0. The Morgan fingerprint density at radius 3 is 2.79 bits per heavy atom. The van der Waals surface area contributed by atoms with Crippen molar-refractivity contribution in [2.45, 2.75) is 13.5 Å². The summed E-state index contributed by atoms with van der Waals surface area (Å²) in [6.07, 6.45) is 2.39. The Kier molecular flexibility index (Phi) is 6.54. The van der Waals surface area contributed by atoms with Gasteiger partial charge in [-0.25, -0.2) is 4.79 Å². The van der Waals surface area contributed by atoms with Crippen molar-refractivity contribution >= 4 is 34.8 Å². The van der Waals surface area contributed by atoms with Gasteiger partial charge in [-0.15, -0.1) is 0 Å². The summed E-state index contributed by atoms with van der Waals surface area (Å²) in [5.41, 5.74) is 2.20. The van der Waals surface area contributed by atoms with E-state index in [1.807, 2.05) is 10.6 Å². The number of nitrogens with zero attached hydrogens (tertiary/aromatic N) is 1. The second kappa shape index (κ2) is 9.09. The Hall–Kier alpha value is -2.86. The van der Waals surface area contributed by atoms with E-state index < -0.39 is 12.6 Å². The zero-order valence-corrected chi connectivity index (χ0v) is 16.9. The average molecular weight is 418 g/mol. The quantitative estimate of drug-likeness (QED) is 0.385. The molecule has 1 heterocycles. The zero-order valence-electron chi connectivity index (χ0n) is 16.2. The maximum atomic E-state index is 12.8. The van der Waals surface area contributed by atoms with Gasteiger partial charge in [0.25, 0.3) is 0 Å². The number of carbonyl (C=O) groups excluding carboxylic acids is 2. The Labute approximate surface area is 173 Å².